The lowest BCUT2D eigenvalue weighted by Crippen LogP contribution is -2.11. The lowest BCUT2D eigenvalue weighted by atomic mass is 10.1. The predicted octanol–water partition coefficient (Wildman–Crippen LogP) is 4.14. The number of hydrogen-bond acceptors (Lipinski definition) is 5. The van der Waals surface area contributed by atoms with Crippen molar-refractivity contribution < 1.29 is 26.4 Å². The zero-order valence-electron chi connectivity index (χ0n) is 13.6. The van der Waals surface area contributed by atoms with Gasteiger partial charge in [-0.25, -0.2) is 13.2 Å². The van der Waals surface area contributed by atoms with E-state index in [0.717, 1.165) is 23.1 Å². The molecule has 0 unspecified atom stereocenters. The summed E-state index contributed by atoms with van der Waals surface area (Å²) in [7, 11) is -4.65. The molecule has 1 aromatic heterocycles. The molecule has 2 aromatic carbocycles. The summed E-state index contributed by atoms with van der Waals surface area (Å²) >= 11 is 0. The van der Waals surface area contributed by atoms with Gasteiger partial charge in [-0.15, -0.1) is 0 Å². The Kier molecular flexibility index (Phi) is 4.78. The van der Waals surface area contributed by atoms with Crippen LogP contribution >= 0.6 is 0 Å². The summed E-state index contributed by atoms with van der Waals surface area (Å²) < 4.78 is 58.6. The quantitative estimate of drug-likeness (QED) is 0.622. The highest BCUT2D eigenvalue weighted by Crippen LogP contribution is 2.28. The van der Waals surface area contributed by atoms with E-state index < -0.39 is 26.1 Å². The van der Waals surface area contributed by atoms with Crippen LogP contribution in [0.3, 0.4) is 0 Å². The second-order valence-corrected chi connectivity index (χ2v) is 7.40. The minimum atomic E-state index is -4.65. The van der Waals surface area contributed by atoms with Gasteiger partial charge in [-0.1, -0.05) is 6.92 Å². The number of sulfone groups is 1. The Hall–Kier alpha value is -2.74. The fourth-order valence-corrected chi connectivity index (χ4v) is 3.22. The van der Waals surface area contributed by atoms with Crippen LogP contribution in [-0.2, 0) is 16.3 Å². The molecule has 8 heteroatoms. The normalized spacial score (nSPS) is 11.8. The van der Waals surface area contributed by atoms with Gasteiger partial charge in [0.2, 0.25) is 9.84 Å². The first-order valence-corrected chi connectivity index (χ1v) is 9.22. The molecule has 0 bridgehead atoms. The van der Waals surface area contributed by atoms with Crippen molar-refractivity contribution in [2.45, 2.75) is 24.0 Å². The Labute approximate surface area is 147 Å². The van der Waals surface area contributed by atoms with Crippen molar-refractivity contribution in [3.8, 4) is 11.5 Å². The highest BCUT2D eigenvalue weighted by atomic mass is 32.2. The standard InChI is InChI=1S/C18H14F2O5S/c1-2-11-9-17(21)25-16-10-13(5-8-15(11)16)24-12-3-6-14(7-4-12)26(22,23)18(19)20/h3-10,18H,2H2,1H3. The molecule has 0 saturated carbocycles. The van der Waals surface area contributed by atoms with Crippen molar-refractivity contribution in [2.75, 3.05) is 0 Å². The monoisotopic (exact) mass is 380 g/mol. The van der Waals surface area contributed by atoms with Crippen molar-refractivity contribution in [2.24, 2.45) is 0 Å². The second kappa shape index (κ2) is 6.87. The van der Waals surface area contributed by atoms with Gasteiger partial charge in [-0.05, 0) is 48.4 Å². The topological polar surface area (TPSA) is 73.6 Å². The van der Waals surface area contributed by atoms with Crippen LogP contribution in [0.4, 0.5) is 8.78 Å². The first kappa shape index (κ1) is 18.1. The Morgan fingerprint density at radius 2 is 1.69 bits per heavy atom. The fourth-order valence-electron chi connectivity index (χ4n) is 2.50. The summed E-state index contributed by atoms with van der Waals surface area (Å²) in [5.41, 5.74) is 0.751. The zero-order chi connectivity index (χ0) is 18.9. The van der Waals surface area contributed by atoms with E-state index >= 15 is 0 Å². The van der Waals surface area contributed by atoms with Crippen LogP contribution in [0.15, 0.2) is 62.6 Å². The minimum Gasteiger partial charge on any atom is -0.457 e. The van der Waals surface area contributed by atoms with Crippen molar-refractivity contribution in [3.63, 3.8) is 0 Å². The van der Waals surface area contributed by atoms with Gasteiger partial charge in [0.15, 0.2) is 0 Å². The van der Waals surface area contributed by atoms with Gasteiger partial charge < -0.3 is 9.15 Å². The molecule has 0 fully saturated rings. The molecule has 5 nitrogen and oxygen atoms in total. The van der Waals surface area contributed by atoms with Gasteiger partial charge in [0.1, 0.15) is 17.1 Å². The van der Waals surface area contributed by atoms with Gasteiger partial charge in [0, 0.05) is 17.5 Å². The molecule has 1 heterocycles. The van der Waals surface area contributed by atoms with Crippen LogP contribution in [0, 0.1) is 0 Å². The minimum absolute atomic E-state index is 0.256. The molecule has 3 aromatic rings. The van der Waals surface area contributed by atoms with E-state index in [4.69, 9.17) is 9.15 Å². The van der Waals surface area contributed by atoms with Gasteiger partial charge in [0.05, 0.1) is 4.90 Å². The molecule has 0 amide bonds. The Morgan fingerprint density at radius 3 is 2.31 bits per heavy atom. The van der Waals surface area contributed by atoms with Gasteiger partial charge in [-0.3, -0.25) is 0 Å². The second-order valence-electron chi connectivity index (χ2n) is 5.48. The number of benzene rings is 2. The Bertz CT molecular complexity index is 1100. The van der Waals surface area contributed by atoms with E-state index in [1.165, 1.54) is 18.2 Å². The number of alkyl halides is 2. The fraction of sp³-hybridized carbons (Fsp3) is 0.167. The van der Waals surface area contributed by atoms with Crippen LogP contribution in [0.5, 0.6) is 11.5 Å². The third-order valence-corrected chi connectivity index (χ3v) is 5.20. The smallest absolute Gasteiger partial charge is 0.341 e. The first-order chi connectivity index (χ1) is 12.3. The van der Waals surface area contributed by atoms with E-state index in [0.29, 0.717) is 17.8 Å². The molecular formula is C18H14F2O5S. The average molecular weight is 380 g/mol. The van der Waals surface area contributed by atoms with Crippen molar-refractivity contribution in [1.82, 2.24) is 0 Å². The molecule has 0 saturated heterocycles. The van der Waals surface area contributed by atoms with Gasteiger partial charge in [0.25, 0.3) is 0 Å². The molecule has 0 aliphatic carbocycles. The van der Waals surface area contributed by atoms with E-state index in [9.17, 15) is 22.0 Å². The molecule has 0 N–H and O–H groups in total. The zero-order valence-corrected chi connectivity index (χ0v) is 14.4. The van der Waals surface area contributed by atoms with E-state index in [1.54, 1.807) is 18.2 Å². The van der Waals surface area contributed by atoms with Crippen molar-refractivity contribution in [1.29, 1.82) is 0 Å². The molecule has 0 spiro atoms. The maximum atomic E-state index is 12.5. The molecule has 0 aliphatic heterocycles. The van der Waals surface area contributed by atoms with Crippen molar-refractivity contribution in [3.05, 3.63) is 64.5 Å². The Balaban J connectivity index is 1.91. The van der Waals surface area contributed by atoms with Gasteiger partial charge in [-0.2, -0.15) is 8.78 Å². The van der Waals surface area contributed by atoms with Crippen LogP contribution in [0.25, 0.3) is 11.0 Å². The van der Waals surface area contributed by atoms with E-state index in [-0.39, 0.29) is 5.75 Å². The molecule has 0 aliphatic rings. The Morgan fingerprint density at radius 1 is 1.04 bits per heavy atom. The number of ether oxygens (including phenoxy) is 1. The number of aryl methyl sites for hydroxylation is 1. The van der Waals surface area contributed by atoms with Crippen LogP contribution in [0.2, 0.25) is 0 Å². The molecule has 0 radical (unpaired) electrons. The van der Waals surface area contributed by atoms with Crippen molar-refractivity contribution >= 4 is 20.8 Å². The lowest BCUT2D eigenvalue weighted by Gasteiger charge is -2.09. The molecule has 0 atom stereocenters. The van der Waals surface area contributed by atoms with Crippen LogP contribution < -0.4 is 10.4 Å². The summed E-state index contributed by atoms with van der Waals surface area (Å²) in [6, 6.07) is 11.1. The third kappa shape index (κ3) is 3.45. The highest BCUT2D eigenvalue weighted by molar-refractivity contribution is 7.91. The summed E-state index contributed by atoms with van der Waals surface area (Å²) in [5.74, 6) is -2.87. The van der Waals surface area contributed by atoms with E-state index in [2.05, 4.69) is 0 Å². The molecular weight excluding hydrogens is 366 g/mol. The summed E-state index contributed by atoms with van der Waals surface area (Å²) in [5, 5.41) is 0.790. The number of fused-ring (bicyclic) bond motifs is 1. The van der Waals surface area contributed by atoms with Crippen LogP contribution in [0.1, 0.15) is 12.5 Å². The SMILES string of the molecule is CCc1cc(=O)oc2cc(Oc3ccc(S(=O)(=O)C(F)F)cc3)ccc12. The summed E-state index contributed by atoms with van der Waals surface area (Å²) in [6.07, 6.45) is 0.669. The maximum absolute atomic E-state index is 12.5. The lowest BCUT2D eigenvalue weighted by molar-refractivity contribution is 0.234. The number of rotatable bonds is 5. The average Bonchev–Trinajstić information content (AvgIpc) is 2.61. The summed E-state index contributed by atoms with van der Waals surface area (Å²) in [6.45, 7) is 1.92. The maximum Gasteiger partial charge on any atom is 0.341 e. The largest absolute Gasteiger partial charge is 0.457 e. The number of hydrogen-bond donors (Lipinski definition) is 0. The highest BCUT2D eigenvalue weighted by Gasteiger charge is 2.26. The van der Waals surface area contributed by atoms with E-state index in [1.807, 2.05) is 6.92 Å². The molecule has 3 rings (SSSR count). The summed E-state index contributed by atoms with van der Waals surface area (Å²) in [4.78, 5) is 11.1. The van der Waals surface area contributed by atoms with Gasteiger partial charge >= 0.3 is 11.4 Å². The molecule has 136 valence electrons. The first-order valence-electron chi connectivity index (χ1n) is 7.68. The number of halogens is 2. The third-order valence-electron chi connectivity index (χ3n) is 3.81. The predicted molar refractivity (Wildman–Crippen MR) is 91.6 cm³/mol. The molecule has 26 heavy (non-hydrogen) atoms. The van der Waals surface area contributed by atoms with Crippen LogP contribution in [-0.4, -0.2) is 14.2 Å².